The number of benzene rings is 2. The molecular weight excluding hydrogens is 402 g/mol. The van der Waals surface area contributed by atoms with Crippen LogP contribution in [0.3, 0.4) is 0 Å². The van der Waals surface area contributed by atoms with Crippen LogP contribution in [0.2, 0.25) is 0 Å². The van der Waals surface area contributed by atoms with Gasteiger partial charge in [0, 0.05) is 6.42 Å². The maximum Gasteiger partial charge on any atom is 0.329 e. The smallest absolute Gasteiger partial charge is 0.329 e. The topological polar surface area (TPSA) is 68.5 Å². The van der Waals surface area contributed by atoms with E-state index in [1.54, 1.807) is 12.1 Å². The average molecular weight is 434 g/mol. The first-order chi connectivity index (χ1) is 15.1. The zero-order valence-electron chi connectivity index (χ0n) is 19.4. The Labute approximate surface area is 189 Å². The van der Waals surface area contributed by atoms with Crippen molar-refractivity contribution < 1.29 is 18.7 Å². The van der Waals surface area contributed by atoms with E-state index < -0.39 is 17.9 Å². The van der Waals surface area contributed by atoms with Gasteiger partial charge in [0.1, 0.15) is 12.6 Å². The molecule has 0 radical (unpaired) electrons. The van der Waals surface area contributed by atoms with E-state index in [1.807, 2.05) is 44.2 Å². The lowest BCUT2D eigenvalue weighted by Crippen LogP contribution is -2.43. The van der Waals surface area contributed by atoms with Gasteiger partial charge in [-0.25, -0.2) is 4.79 Å². The average Bonchev–Trinajstić information content (AvgIpc) is 3.27. The molecule has 5 heteroatoms. The van der Waals surface area contributed by atoms with Crippen LogP contribution in [-0.4, -0.2) is 17.9 Å². The highest BCUT2D eigenvalue weighted by Crippen LogP contribution is 2.27. The number of amides is 1. The summed E-state index contributed by atoms with van der Waals surface area (Å²) in [4.78, 5) is 25.5. The minimum atomic E-state index is -0.829. The standard InChI is InChI=1S/C27H31NO4/c1-18-14-21(27(3,4)5)15-19(2)22(18)17-32-26(30)23(16-20-10-7-6-8-11-20)28-25(29)24-12-9-13-31-24/h6-15,23H,16-17H2,1-5H3,(H,28,29). The lowest BCUT2D eigenvalue weighted by atomic mass is 9.84. The zero-order valence-corrected chi connectivity index (χ0v) is 19.4. The number of nitrogens with one attached hydrogen (secondary N) is 1. The zero-order chi connectivity index (χ0) is 23.3. The van der Waals surface area contributed by atoms with Crippen molar-refractivity contribution >= 4 is 11.9 Å². The number of ether oxygens (including phenoxy) is 1. The minimum Gasteiger partial charge on any atom is -0.459 e. The van der Waals surface area contributed by atoms with Gasteiger partial charge in [0.05, 0.1) is 6.26 Å². The van der Waals surface area contributed by atoms with Gasteiger partial charge < -0.3 is 14.5 Å². The fraction of sp³-hybridized carbons (Fsp3) is 0.333. The van der Waals surface area contributed by atoms with E-state index in [-0.39, 0.29) is 17.8 Å². The van der Waals surface area contributed by atoms with Gasteiger partial charge in [0.2, 0.25) is 0 Å². The molecule has 1 amide bonds. The summed E-state index contributed by atoms with van der Waals surface area (Å²) < 4.78 is 10.8. The Kier molecular flexibility index (Phi) is 7.18. The van der Waals surface area contributed by atoms with Gasteiger partial charge >= 0.3 is 5.97 Å². The van der Waals surface area contributed by atoms with Gasteiger partial charge in [0.15, 0.2) is 5.76 Å². The maximum absolute atomic E-state index is 13.0. The van der Waals surface area contributed by atoms with Crippen molar-refractivity contribution in [3.8, 4) is 0 Å². The van der Waals surface area contributed by atoms with Gasteiger partial charge in [-0.2, -0.15) is 0 Å². The van der Waals surface area contributed by atoms with E-state index in [9.17, 15) is 9.59 Å². The van der Waals surface area contributed by atoms with E-state index in [0.717, 1.165) is 22.3 Å². The van der Waals surface area contributed by atoms with Gasteiger partial charge in [-0.3, -0.25) is 4.79 Å². The van der Waals surface area contributed by atoms with Crippen LogP contribution >= 0.6 is 0 Å². The molecule has 0 aliphatic rings. The first kappa shape index (κ1) is 23.3. The Bertz CT molecular complexity index is 1040. The van der Waals surface area contributed by atoms with E-state index >= 15 is 0 Å². The quantitative estimate of drug-likeness (QED) is 0.515. The summed E-state index contributed by atoms with van der Waals surface area (Å²) in [5.41, 5.74) is 5.37. The second-order valence-electron chi connectivity index (χ2n) is 9.14. The number of hydrogen-bond donors (Lipinski definition) is 1. The molecule has 0 spiro atoms. The van der Waals surface area contributed by atoms with Crippen molar-refractivity contribution in [2.45, 2.75) is 59.1 Å². The highest BCUT2D eigenvalue weighted by Gasteiger charge is 2.25. The second kappa shape index (κ2) is 9.86. The number of hydrogen-bond acceptors (Lipinski definition) is 4. The molecule has 0 bridgehead atoms. The van der Waals surface area contributed by atoms with Crippen molar-refractivity contribution in [1.82, 2.24) is 5.32 Å². The minimum absolute atomic E-state index is 0.0433. The van der Waals surface area contributed by atoms with Crippen LogP contribution in [0.25, 0.3) is 0 Å². The summed E-state index contributed by atoms with van der Waals surface area (Å²) in [5, 5.41) is 2.75. The van der Waals surface area contributed by atoms with Gasteiger partial charge in [0.25, 0.3) is 5.91 Å². The van der Waals surface area contributed by atoms with Crippen molar-refractivity contribution in [2.24, 2.45) is 0 Å². The van der Waals surface area contributed by atoms with Gasteiger partial charge in [-0.1, -0.05) is 63.2 Å². The molecule has 1 aromatic heterocycles. The molecular formula is C27H31NO4. The number of carbonyl (C=O) groups excluding carboxylic acids is 2. The molecule has 3 rings (SSSR count). The Balaban J connectivity index is 1.75. The molecule has 0 fully saturated rings. The van der Waals surface area contributed by atoms with E-state index in [4.69, 9.17) is 9.15 Å². The summed E-state index contributed by atoms with van der Waals surface area (Å²) in [5.74, 6) is -0.775. The fourth-order valence-electron chi connectivity index (χ4n) is 3.58. The maximum atomic E-state index is 13.0. The van der Waals surface area contributed by atoms with Crippen LogP contribution in [0.1, 0.15) is 59.1 Å². The predicted molar refractivity (Wildman–Crippen MR) is 125 cm³/mol. The summed E-state index contributed by atoms with van der Waals surface area (Å²) in [6, 6.07) is 16.2. The van der Waals surface area contributed by atoms with Crippen LogP contribution in [0.15, 0.2) is 65.3 Å². The van der Waals surface area contributed by atoms with Crippen LogP contribution in [-0.2, 0) is 28.0 Å². The molecule has 5 nitrogen and oxygen atoms in total. The largest absolute Gasteiger partial charge is 0.459 e. The van der Waals surface area contributed by atoms with E-state index in [0.29, 0.717) is 6.42 Å². The third kappa shape index (κ3) is 5.88. The summed E-state index contributed by atoms with van der Waals surface area (Å²) in [6.07, 6.45) is 1.75. The predicted octanol–water partition coefficient (Wildman–Crippen LogP) is 5.28. The van der Waals surface area contributed by atoms with E-state index in [1.165, 1.54) is 11.8 Å². The Morgan fingerprint density at radius 2 is 1.66 bits per heavy atom. The molecule has 32 heavy (non-hydrogen) atoms. The van der Waals surface area contributed by atoms with E-state index in [2.05, 4.69) is 38.2 Å². The van der Waals surface area contributed by atoms with Crippen LogP contribution in [0.4, 0.5) is 0 Å². The molecule has 1 N–H and O–H groups in total. The van der Waals surface area contributed by atoms with Crippen LogP contribution in [0.5, 0.6) is 0 Å². The highest BCUT2D eigenvalue weighted by molar-refractivity contribution is 5.94. The fourth-order valence-corrected chi connectivity index (χ4v) is 3.58. The number of furan rings is 1. The number of esters is 1. The lowest BCUT2D eigenvalue weighted by molar-refractivity contribution is -0.147. The van der Waals surface area contributed by atoms with Crippen molar-refractivity contribution in [3.05, 3.63) is 94.4 Å². The number of rotatable bonds is 7. The lowest BCUT2D eigenvalue weighted by Gasteiger charge is -2.23. The third-order valence-electron chi connectivity index (χ3n) is 5.54. The monoisotopic (exact) mass is 433 g/mol. The SMILES string of the molecule is Cc1cc(C(C)(C)C)cc(C)c1COC(=O)C(Cc1ccccc1)NC(=O)c1ccco1. The first-order valence-corrected chi connectivity index (χ1v) is 10.8. The number of carbonyl (C=O) groups is 2. The van der Waals surface area contributed by atoms with Gasteiger partial charge in [-0.15, -0.1) is 0 Å². The highest BCUT2D eigenvalue weighted by atomic mass is 16.5. The molecule has 168 valence electrons. The summed E-state index contributed by atoms with van der Waals surface area (Å²) >= 11 is 0. The normalized spacial score (nSPS) is 12.3. The molecule has 0 aliphatic carbocycles. The molecule has 0 saturated carbocycles. The van der Waals surface area contributed by atoms with Crippen molar-refractivity contribution in [3.63, 3.8) is 0 Å². The Morgan fingerprint density at radius 3 is 2.22 bits per heavy atom. The third-order valence-corrected chi connectivity index (χ3v) is 5.54. The van der Waals surface area contributed by atoms with Crippen molar-refractivity contribution in [2.75, 3.05) is 0 Å². The molecule has 3 aromatic rings. The molecule has 1 atom stereocenters. The molecule has 2 aromatic carbocycles. The molecule has 0 saturated heterocycles. The van der Waals surface area contributed by atoms with Crippen LogP contribution < -0.4 is 5.32 Å². The Hall–Kier alpha value is -3.34. The summed E-state index contributed by atoms with van der Waals surface area (Å²) in [6.45, 7) is 10.8. The van der Waals surface area contributed by atoms with Crippen LogP contribution in [0, 0.1) is 13.8 Å². The molecule has 1 unspecified atom stereocenters. The summed E-state index contributed by atoms with van der Waals surface area (Å²) in [7, 11) is 0. The Morgan fingerprint density at radius 1 is 1.00 bits per heavy atom. The number of aryl methyl sites for hydroxylation is 2. The van der Waals surface area contributed by atoms with Crippen molar-refractivity contribution in [1.29, 1.82) is 0 Å². The van der Waals surface area contributed by atoms with Gasteiger partial charge in [-0.05, 0) is 59.2 Å². The molecule has 0 aliphatic heterocycles. The first-order valence-electron chi connectivity index (χ1n) is 10.8. The second-order valence-corrected chi connectivity index (χ2v) is 9.14. The molecule has 1 heterocycles.